The molecule has 8 nitrogen and oxygen atoms in total. The van der Waals surface area contributed by atoms with Gasteiger partial charge in [-0.2, -0.15) is 0 Å². The van der Waals surface area contributed by atoms with Gasteiger partial charge in [-0.05, 0) is 61.4 Å². The van der Waals surface area contributed by atoms with Gasteiger partial charge in [0.25, 0.3) is 10.0 Å². The summed E-state index contributed by atoms with van der Waals surface area (Å²) in [5.41, 5.74) is 3.33. The lowest BCUT2D eigenvalue weighted by Gasteiger charge is -2.30. The van der Waals surface area contributed by atoms with E-state index in [0.717, 1.165) is 24.3 Å². The first-order chi connectivity index (χ1) is 17.8. The molecule has 0 spiro atoms. The molecule has 0 amide bonds. The Balaban J connectivity index is 1.51. The first-order valence-corrected chi connectivity index (χ1v) is 13.5. The number of sulfonamides is 1. The van der Waals surface area contributed by atoms with Crippen molar-refractivity contribution in [1.82, 2.24) is 0 Å². The number of aromatic carboxylic acids is 1. The summed E-state index contributed by atoms with van der Waals surface area (Å²) in [6, 6.07) is 21.7. The van der Waals surface area contributed by atoms with Crippen molar-refractivity contribution in [2.75, 3.05) is 42.1 Å². The number of ether oxygens (including phenoxy) is 1. The lowest BCUT2D eigenvalue weighted by atomic mass is 10.1. The predicted molar refractivity (Wildman–Crippen MR) is 142 cm³/mol. The van der Waals surface area contributed by atoms with E-state index in [-0.39, 0.29) is 17.2 Å². The highest BCUT2D eigenvalue weighted by atomic mass is 32.2. The lowest BCUT2D eigenvalue weighted by Crippen LogP contribution is -2.36. The molecule has 1 aliphatic rings. The number of morpholine rings is 1. The van der Waals surface area contributed by atoms with E-state index in [1.165, 1.54) is 22.5 Å². The van der Waals surface area contributed by atoms with Gasteiger partial charge in [0.15, 0.2) is 0 Å². The Labute approximate surface area is 215 Å². The second-order valence-electron chi connectivity index (χ2n) is 8.95. The van der Waals surface area contributed by atoms with Gasteiger partial charge in [0, 0.05) is 36.3 Å². The average Bonchev–Trinajstić information content (AvgIpc) is 3.26. The summed E-state index contributed by atoms with van der Waals surface area (Å²) in [4.78, 5) is 13.8. The van der Waals surface area contributed by atoms with Crippen molar-refractivity contribution < 1.29 is 27.5 Å². The van der Waals surface area contributed by atoms with Crippen LogP contribution in [0, 0.1) is 6.92 Å². The fourth-order valence-electron chi connectivity index (χ4n) is 4.61. The Bertz CT molecular complexity index is 1510. The minimum atomic E-state index is -3.97. The van der Waals surface area contributed by atoms with Gasteiger partial charge in [0.05, 0.1) is 23.8 Å². The molecule has 1 aliphatic heterocycles. The fourth-order valence-corrected chi connectivity index (χ4v) is 6.10. The van der Waals surface area contributed by atoms with E-state index >= 15 is 0 Å². The third kappa shape index (κ3) is 5.05. The first-order valence-electron chi connectivity index (χ1n) is 12.1. The number of aryl methyl sites for hydroxylation is 1. The van der Waals surface area contributed by atoms with Crippen LogP contribution in [0.3, 0.4) is 0 Å². The third-order valence-corrected chi connectivity index (χ3v) is 8.47. The van der Waals surface area contributed by atoms with Crippen LogP contribution in [0.25, 0.3) is 11.0 Å². The maximum Gasteiger partial charge on any atom is 0.372 e. The predicted octanol–water partition coefficient (Wildman–Crippen LogP) is 4.71. The maximum absolute atomic E-state index is 14.0. The molecule has 1 fully saturated rings. The largest absolute Gasteiger partial charge is 0.475 e. The summed E-state index contributed by atoms with van der Waals surface area (Å²) in [6.07, 6.45) is 0.529. The molecule has 0 unspecified atom stereocenters. The number of furan rings is 1. The minimum Gasteiger partial charge on any atom is -0.475 e. The normalized spacial score (nSPS) is 14.1. The zero-order chi connectivity index (χ0) is 26.0. The number of rotatable bonds is 8. The zero-order valence-corrected chi connectivity index (χ0v) is 21.3. The standard InChI is InChI=1S/C28H28N2O6S/c1-20-25-19-24(11-12-26(25)36-27(20)28(31)32)37(33,34)30(14-13-21-5-3-2-4-6-21)23-9-7-22(8-10-23)29-15-17-35-18-16-29/h2-12,19H,13-18H2,1H3,(H,31,32). The van der Waals surface area contributed by atoms with Crippen LogP contribution in [0.5, 0.6) is 0 Å². The van der Waals surface area contributed by atoms with Crippen LogP contribution in [0.2, 0.25) is 0 Å². The van der Waals surface area contributed by atoms with Crippen molar-refractivity contribution in [1.29, 1.82) is 0 Å². The highest BCUT2D eigenvalue weighted by Gasteiger charge is 2.27. The molecule has 0 aliphatic carbocycles. The van der Waals surface area contributed by atoms with Crippen molar-refractivity contribution >= 4 is 38.3 Å². The van der Waals surface area contributed by atoms with Crippen LogP contribution < -0.4 is 9.21 Å². The highest BCUT2D eigenvalue weighted by Crippen LogP contribution is 2.31. The molecule has 4 aromatic rings. The fraction of sp³-hybridized carbons (Fsp3) is 0.250. The van der Waals surface area contributed by atoms with Gasteiger partial charge in [0.2, 0.25) is 5.76 Å². The molecule has 9 heteroatoms. The maximum atomic E-state index is 14.0. The van der Waals surface area contributed by atoms with Gasteiger partial charge in [-0.15, -0.1) is 0 Å². The van der Waals surface area contributed by atoms with E-state index in [9.17, 15) is 18.3 Å². The molecule has 1 N–H and O–H groups in total. The van der Waals surface area contributed by atoms with Gasteiger partial charge in [-0.3, -0.25) is 4.31 Å². The van der Waals surface area contributed by atoms with Crippen LogP contribution >= 0.6 is 0 Å². The summed E-state index contributed by atoms with van der Waals surface area (Å²) >= 11 is 0. The molecule has 5 rings (SSSR count). The molecule has 192 valence electrons. The number of carboxylic acid groups (broad SMARTS) is 1. The van der Waals surface area contributed by atoms with Gasteiger partial charge in [-0.1, -0.05) is 30.3 Å². The molecule has 0 atom stereocenters. The number of hydrogen-bond acceptors (Lipinski definition) is 6. The molecule has 1 saturated heterocycles. The van der Waals surface area contributed by atoms with Gasteiger partial charge in [0.1, 0.15) is 5.58 Å². The number of nitrogens with zero attached hydrogens (tertiary/aromatic N) is 2. The van der Waals surface area contributed by atoms with E-state index in [1.54, 1.807) is 6.92 Å². The van der Waals surface area contributed by atoms with E-state index in [2.05, 4.69) is 4.90 Å². The van der Waals surface area contributed by atoms with E-state index < -0.39 is 16.0 Å². The quantitative estimate of drug-likeness (QED) is 0.359. The summed E-state index contributed by atoms with van der Waals surface area (Å²) in [7, 11) is -3.97. The Morgan fingerprint density at radius 1 is 1.00 bits per heavy atom. The topological polar surface area (TPSA) is 100 Å². The second-order valence-corrected chi connectivity index (χ2v) is 10.8. The van der Waals surface area contributed by atoms with Gasteiger partial charge in [-0.25, -0.2) is 13.2 Å². The van der Waals surface area contributed by atoms with Gasteiger partial charge < -0.3 is 19.2 Å². The summed E-state index contributed by atoms with van der Waals surface area (Å²) in [5, 5.41) is 9.86. The number of carboxylic acids is 1. The molecule has 2 heterocycles. The van der Waals surface area contributed by atoms with E-state index in [1.807, 2.05) is 54.6 Å². The van der Waals surface area contributed by atoms with Gasteiger partial charge >= 0.3 is 5.97 Å². The van der Waals surface area contributed by atoms with Crippen molar-refractivity contribution in [2.24, 2.45) is 0 Å². The molecule has 0 saturated carbocycles. The second kappa shape index (κ2) is 10.3. The number of hydrogen-bond donors (Lipinski definition) is 1. The van der Waals surface area contributed by atoms with Crippen molar-refractivity contribution in [3.63, 3.8) is 0 Å². The number of fused-ring (bicyclic) bond motifs is 1. The zero-order valence-electron chi connectivity index (χ0n) is 20.5. The SMILES string of the molecule is Cc1c(C(=O)O)oc2ccc(S(=O)(=O)N(CCc3ccccc3)c3ccc(N4CCOCC4)cc3)cc12. The molecular weight excluding hydrogens is 492 g/mol. The minimum absolute atomic E-state index is 0.0751. The smallest absolute Gasteiger partial charge is 0.372 e. The number of carbonyl (C=O) groups is 1. The van der Waals surface area contributed by atoms with Crippen molar-refractivity contribution in [3.05, 3.63) is 89.7 Å². The molecule has 1 aromatic heterocycles. The lowest BCUT2D eigenvalue weighted by molar-refractivity contribution is 0.0664. The number of anilines is 2. The highest BCUT2D eigenvalue weighted by molar-refractivity contribution is 7.92. The molecule has 0 bridgehead atoms. The number of benzene rings is 3. The monoisotopic (exact) mass is 520 g/mol. The Kier molecular flexibility index (Phi) is 6.90. The summed E-state index contributed by atoms with van der Waals surface area (Å²) in [6.45, 7) is 4.77. The summed E-state index contributed by atoms with van der Waals surface area (Å²) < 4.78 is 40.3. The average molecular weight is 521 g/mol. The molecule has 37 heavy (non-hydrogen) atoms. The Hall–Kier alpha value is -3.82. The van der Waals surface area contributed by atoms with Crippen LogP contribution in [0.4, 0.5) is 11.4 Å². The van der Waals surface area contributed by atoms with Crippen molar-refractivity contribution in [3.8, 4) is 0 Å². The Morgan fingerprint density at radius 2 is 1.70 bits per heavy atom. The van der Waals surface area contributed by atoms with Crippen LogP contribution in [0.1, 0.15) is 21.7 Å². The molecular formula is C28H28N2O6S. The first kappa shape index (κ1) is 24.9. The van der Waals surface area contributed by atoms with Crippen molar-refractivity contribution in [2.45, 2.75) is 18.2 Å². The van der Waals surface area contributed by atoms with Crippen LogP contribution in [-0.4, -0.2) is 52.3 Å². The van der Waals surface area contributed by atoms with E-state index in [0.29, 0.717) is 41.9 Å². The summed E-state index contributed by atoms with van der Waals surface area (Å²) in [5.74, 6) is -1.38. The molecule has 3 aromatic carbocycles. The van der Waals surface area contributed by atoms with Crippen LogP contribution in [0.15, 0.2) is 82.1 Å². The van der Waals surface area contributed by atoms with E-state index in [4.69, 9.17) is 9.15 Å². The Morgan fingerprint density at radius 3 is 2.38 bits per heavy atom. The third-order valence-electron chi connectivity index (χ3n) is 6.65. The van der Waals surface area contributed by atoms with Crippen LogP contribution in [-0.2, 0) is 21.2 Å². The molecule has 0 radical (unpaired) electrons.